The molecule has 0 fully saturated rings. The fourth-order valence-electron chi connectivity index (χ4n) is 1.05. The summed E-state index contributed by atoms with van der Waals surface area (Å²) in [6, 6.07) is 7.22. The van der Waals surface area contributed by atoms with E-state index in [0.29, 0.717) is 11.4 Å². The van der Waals surface area contributed by atoms with Gasteiger partial charge in [0.05, 0.1) is 9.71 Å². The van der Waals surface area contributed by atoms with Gasteiger partial charge in [0.15, 0.2) is 0 Å². The van der Waals surface area contributed by atoms with Crippen LogP contribution in [0.15, 0.2) is 29.2 Å². The van der Waals surface area contributed by atoms with E-state index in [-0.39, 0.29) is 0 Å². The summed E-state index contributed by atoms with van der Waals surface area (Å²) in [5, 5.41) is 5.37. The monoisotopic (exact) mass is 198 g/mol. The Morgan fingerprint density at radius 3 is 2.23 bits per heavy atom. The van der Waals surface area contributed by atoms with Gasteiger partial charge in [-0.2, -0.15) is 0 Å². The predicted molar refractivity (Wildman–Crippen MR) is 56.9 cm³/mol. The SMILES string of the molecule is C=S(N)(=O)c1ccc(CCN)cc1. The highest BCUT2D eigenvalue weighted by Gasteiger charge is 2.00. The van der Waals surface area contributed by atoms with Crippen LogP contribution in [0.25, 0.3) is 0 Å². The molecule has 0 aliphatic rings. The van der Waals surface area contributed by atoms with Gasteiger partial charge in [0.1, 0.15) is 0 Å². The zero-order valence-electron chi connectivity index (χ0n) is 7.40. The van der Waals surface area contributed by atoms with E-state index in [4.69, 9.17) is 10.9 Å². The highest BCUT2D eigenvalue weighted by molar-refractivity contribution is 7.98. The first kappa shape index (κ1) is 10.2. The normalized spacial score (nSPS) is 15.2. The third-order valence-electron chi connectivity index (χ3n) is 1.76. The van der Waals surface area contributed by atoms with Crippen LogP contribution < -0.4 is 10.9 Å². The molecule has 1 unspecified atom stereocenters. The topological polar surface area (TPSA) is 69.1 Å². The Morgan fingerprint density at radius 1 is 1.31 bits per heavy atom. The first-order valence-electron chi connectivity index (χ1n) is 3.98. The molecule has 4 N–H and O–H groups in total. The minimum Gasteiger partial charge on any atom is -0.330 e. The molecule has 1 atom stereocenters. The molecule has 1 aromatic rings. The second-order valence-electron chi connectivity index (χ2n) is 2.91. The van der Waals surface area contributed by atoms with Crippen LogP contribution >= 0.6 is 0 Å². The Hall–Kier alpha value is -0.840. The summed E-state index contributed by atoms with van der Waals surface area (Å²) >= 11 is 0. The third-order valence-corrected chi connectivity index (χ3v) is 2.83. The zero-order chi connectivity index (χ0) is 9.90. The Morgan fingerprint density at radius 2 is 1.85 bits per heavy atom. The van der Waals surface area contributed by atoms with Crippen molar-refractivity contribution in [3.63, 3.8) is 0 Å². The van der Waals surface area contributed by atoms with Crippen LogP contribution in [0.2, 0.25) is 0 Å². The molecule has 0 bridgehead atoms. The third kappa shape index (κ3) is 2.84. The van der Waals surface area contributed by atoms with Crippen LogP contribution in [-0.4, -0.2) is 16.6 Å². The summed E-state index contributed by atoms with van der Waals surface area (Å²) < 4.78 is 11.3. The predicted octanol–water partition coefficient (Wildman–Crippen LogP) is 0.137. The lowest BCUT2D eigenvalue weighted by atomic mass is 10.2. The molecule has 0 spiro atoms. The van der Waals surface area contributed by atoms with Crippen LogP contribution in [0.5, 0.6) is 0 Å². The fourth-order valence-corrected chi connectivity index (χ4v) is 1.65. The van der Waals surface area contributed by atoms with Gasteiger partial charge in [-0.3, -0.25) is 5.14 Å². The quantitative estimate of drug-likeness (QED) is 0.678. The number of hydrogen-bond donors (Lipinski definition) is 2. The van der Waals surface area contributed by atoms with Crippen molar-refractivity contribution in [2.75, 3.05) is 6.54 Å². The second-order valence-corrected chi connectivity index (χ2v) is 4.83. The fraction of sp³-hybridized carbons (Fsp3) is 0.222. The van der Waals surface area contributed by atoms with Gasteiger partial charge < -0.3 is 5.73 Å². The van der Waals surface area contributed by atoms with Gasteiger partial charge in [-0.1, -0.05) is 12.1 Å². The summed E-state index contributed by atoms with van der Waals surface area (Å²) in [6.45, 7) is 0.613. The minimum absolute atomic E-state index is 0.577. The molecule has 0 heterocycles. The van der Waals surface area contributed by atoms with Gasteiger partial charge in [-0.25, -0.2) is 4.21 Å². The molecule has 0 radical (unpaired) electrons. The summed E-state index contributed by atoms with van der Waals surface area (Å²) in [7, 11) is -2.57. The van der Waals surface area contributed by atoms with Crippen molar-refractivity contribution in [3.05, 3.63) is 29.8 Å². The zero-order valence-corrected chi connectivity index (χ0v) is 8.22. The molecule has 1 aromatic carbocycles. The van der Waals surface area contributed by atoms with E-state index in [9.17, 15) is 4.21 Å². The molecule has 0 amide bonds. The van der Waals surface area contributed by atoms with Crippen LogP contribution in [0.1, 0.15) is 5.56 Å². The molecule has 3 nitrogen and oxygen atoms in total. The van der Waals surface area contributed by atoms with Crippen LogP contribution in [-0.2, 0) is 16.1 Å². The minimum atomic E-state index is -2.57. The van der Waals surface area contributed by atoms with Gasteiger partial charge in [0.2, 0.25) is 0 Å². The van der Waals surface area contributed by atoms with Crippen LogP contribution in [0.4, 0.5) is 0 Å². The van der Waals surface area contributed by atoms with E-state index in [2.05, 4.69) is 5.87 Å². The Kier molecular flexibility index (Phi) is 3.08. The molecular formula is C9H14N2OS. The van der Waals surface area contributed by atoms with E-state index in [1.165, 1.54) is 0 Å². The first-order valence-corrected chi connectivity index (χ1v) is 5.77. The van der Waals surface area contributed by atoms with Gasteiger partial charge in [0, 0.05) is 4.90 Å². The van der Waals surface area contributed by atoms with Crippen molar-refractivity contribution < 1.29 is 4.21 Å². The molecule has 1 rings (SSSR count). The largest absolute Gasteiger partial charge is 0.330 e. The lowest BCUT2D eigenvalue weighted by Gasteiger charge is -2.03. The van der Waals surface area contributed by atoms with E-state index >= 15 is 0 Å². The van der Waals surface area contributed by atoms with Crippen molar-refractivity contribution in [2.24, 2.45) is 10.9 Å². The molecule has 4 heteroatoms. The molecule has 0 saturated carbocycles. The summed E-state index contributed by atoms with van der Waals surface area (Å²) in [4.78, 5) is 0.577. The lowest BCUT2D eigenvalue weighted by molar-refractivity contribution is 0.682. The van der Waals surface area contributed by atoms with Crippen LogP contribution in [0, 0.1) is 0 Å². The molecule has 72 valence electrons. The number of rotatable bonds is 3. The maximum Gasteiger partial charge on any atom is 0.0507 e. The average molecular weight is 198 g/mol. The maximum absolute atomic E-state index is 11.3. The summed E-state index contributed by atoms with van der Waals surface area (Å²) in [5.41, 5.74) is 6.51. The molecular weight excluding hydrogens is 184 g/mol. The average Bonchev–Trinajstić information content (AvgIpc) is 2.04. The van der Waals surface area contributed by atoms with E-state index < -0.39 is 9.71 Å². The highest BCUT2D eigenvalue weighted by atomic mass is 32.2. The highest BCUT2D eigenvalue weighted by Crippen LogP contribution is 2.08. The maximum atomic E-state index is 11.3. The first-order chi connectivity index (χ1) is 6.04. The number of nitrogens with two attached hydrogens (primary N) is 2. The second kappa shape index (κ2) is 3.91. The van der Waals surface area contributed by atoms with Crippen molar-refractivity contribution in [1.29, 1.82) is 0 Å². The summed E-state index contributed by atoms with van der Waals surface area (Å²) in [5.74, 6) is 3.40. The van der Waals surface area contributed by atoms with E-state index in [1.807, 2.05) is 12.1 Å². The molecule has 0 aliphatic heterocycles. The Balaban J connectivity index is 2.94. The molecule has 0 aliphatic carbocycles. The molecule has 0 aromatic heterocycles. The van der Waals surface area contributed by atoms with Gasteiger partial charge in [0.25, 0.3) is 0 Å². The Bertz CT molecular complexity index is 367. The number of benzene rings is 1. The van der Waals surface area contributed by atoms with Crippen molar-refractivity contribution in [1.82, 2.24) is 0 Å². The van der Waals surface area contributed by atoms with Gasteiger partial charge in [-0.05, 0) is 36.5 Å². The Labute approximate surface area is 78.9 Å². The lowest BCUT2D eigenvalue weighted by Crippen LogP contribution is -2.11. The van der Waals surface area contributed by atoms with Gasteiger partial charge in [-0.15, -0.1) is 0 Å². The standard InChI is InChI=1S/C9H14N2OS/c1-13(11,12)9-4-2-8(3-5-9)6-7-10/h2-5H,1,6-7,10H2,(H2,11,12). The van der Waals surface area contributed by atoms with Gasteiger partial charge >= 0.3 is 0 Å². The van der Waals surface area contributed by atoms with Crippen LogP contribution in [0.3, 0.4) is 0 Å². The van der Waals surface area contributed by atoms with Crippen molar-refractivity contribution >= 4 is 15.6 Å². The van der Waals surface area contributed by atoms with E-state index in [0.717, 1.165) is 12.0 Å². The van der Waals surface area contributed by atoms with Crippen molar-refractivity contribution in [2.45, 2.75) is 11.3 Å². The summed E-state index contributed by atoms with van der Waals surface area (Å²) in [6.07, 6.45) is 0.823. The van der Waals surface area contributed by atoms with Crippen molar-refractivity contribution in [3.8, 4) is 0 Å². The number of hydrogen-bond acceptors (Lipinski definition) is 2. The molecule has 13 heavy (non-hydrogen) atoms. The van der Waals surface area contributed by atoms with E-state index in [1.54, 1.807) is 12.1 Å². The smallest absolute Gasteiger partial charge is 0.0507 e. The molecule has 0 saturated heterocycles.